The van der Waals surface area contributed by atoms with Crippen molar-refractivity contribution in [2.75, 3.05) is 13.2 Å². The predicted octanol–water partition coefficient (Wildman–Crippen LogP) is 3.34. The maximum absolute atomic E-state index is 5.85. The number of hydrogen-bond acceptors (Lipinski definition) is 2. The summed E-state index contributed by atoms with van der Waals surface area (Å²) in [6.45, 7) is 2.50. The highest BCUT2D eigenvalue weighted by molar-refractivity contribution is 5.73. The number of nitrogens with one attached hydrogen (secondary N) is 1. The van der Waals surface area contributed by atoms with Gasteiger partial charge in [-0.2, -0.15) is 0 Å². The largest absolute Gasteiger partial charge is 0.491 e. The van der Waals surface area contributed by atoms with E-state index in [-0.39, 0.29) is 0 Å². The number of hydrogen-bond donors (Lipinski definition) is 1. The molecule has 0 atom stereocenters. The van der Waals surface area contributed by atoms with Gasteiger partial charge in [0.15, 0.2) is 0 Å². The molecular weight excluding hydrogens is 234 g/mol. The Balaban J connectivity index is 1.91. The van der Waals surface area contributed by atoms with E-state index < -0.39 is 0 Å². The lowest BCUT2D eigenvalue weighted by atomic mass is 10.1. The molecule has 3 rings (SSSR count). The molecule has 1 N–H and O–H groups in total. The molecule has 1 aliphatic heterocycles. The molecule has 1 heterocycles. The highest BCUT2D eigenvalue weighted by Crippen LogP contribution is 2.27. The van der Waals surface area contributed by atoms with Gasteiger partial charge in [0.05, 0.1) is 0 Å². The minimum atomic E-state index is 0.725. The van der Waals surface area contributed by atoms with Crippen LogP contribution in [0.1, 0.15) is 16.7 Å². The quantitative estimate of drug-likeness (QED) is 0.827. The van der Waals surface area contributed by atoms with Gasteiger partial charge >= 0.3 is 0 Å². The third-order valence-corrected chi connectivity index (χ3v) is 3.22. The van der Waals surface area contributed by atoms with E-state index in [1.807, 2.05) is 18.2 Å². The molecule has 1 aliphatic rings. The van der Waals surface area contributed by atoms with E-state index in [0.29, 0.717) is 0 Å². The summed E-state index contributed by atoms with van der Waals surface area (Å²) < 4.78 is 5.85. The van der Waals surface area contributed by atoms with E-state index >= 15 is 0 Å². The zero-order chi connectivity index (χ0) is 12.9. The molecule has 2 aromatic carbocycles. The van der Waals surface area contributed by atoms with Gasteiger partial charge in [0, 0.05) is 24.2 Å². The molecule has 0 fully saturated rings. The maximum atomic E-state index is 5.85. The minimum absolute atomic E-state index is 0.725. The summed E-state index contributed by atoms with van der Waals surface area (Å²) in [6, 6.07) is 16.6. The zero-order valence-corrected chi connectivity index (χ0v) is 10.8. The Hall–Kier alpha value is -2.06. The van der Waals surface area contributed by atoms with Crippen molar-refractivity contribution in [1.82, 2.24) is 5.32 Å². The molecule has 96 valence electrons. The van der Waals surface area contributed by atoms with Gasteiger partial charge in [-0.05, 0) is 5.56 Å². The molecule has 2 aromatic rings. The van der Waals surface area contributed by atoms with E-state index in [4.69, 9.17) is 4.74 Å². The summed E-state index contributed by atoms with van der Waals surface area (Å²) in [7, 11) is 0. The van der Waals surface area contributed by atoms with E-state index in [2.05, 4.69) is 47.8 Å². The van der Waals surface area contributed by atoms with Gasteiger partial charge in [-0.1, -0.05) is 60.7 Å². The van der Waals surface area contributed by atoms with Crippen LogP contribution >= 0.6 is 0 Å². The molecule has 2 heteroatoms. The van der Waals surface area contributed by atoms with Crippen molar-refractivity contribution in [3.05, 3.63) is 65.2 Å². The molecule has 0 bridgehead atoms. The fourth-order valence-electron chi connectivity index (χ4n) is 2.25. The average molecular weight is 251 g/mol. The third-order valence-electron chi connectivity index (χ3n) is 3.22. The smallest absolute Gasteiger partial charge is 0.131 e. The first kappa shape index (κ1) is 12.0. The zero-order valence-electron chi connectivity index (χ0n) is 10.8. The Kier molecular flexibility index (Phi) is 3.61. The minimum Gasteiger partial charge on any atom is -0.491 e. The highest BCUT2D eigenvalue weighted by Gasteiger charge is 2.10. The first-order chi connectivity index (χ1) is 9.43. The molecule has 0 spiro atoms. The van der Waals surface area contributed by atoms with Crippen LogP contribution in [-0.2, 0) is 6.54 Å². The van der Waals surface area contributed by atoms with Gasteiger partial charge in [0.25, 0.3) is 0 Å². The second-order valence-electron chi connectivity index (χ2n) is 4.60. The molecule has 0 aromatic heterocycles. The summed E-state index contributed by atoms with van der Waals surface area (Å²) in [5.41, 5.74) is 3.57. The lowest BCUT2D eigenvalue weighted by molar-refractivity contribution is 0.325. The Labute approximate surface area is 113 Å². The summed E-state index contributed by atoms with van der Waals surface area (Å²) in [4.78, 5) is 0. The van der Waals surface area contributed by atoms with Crippen LogP contribution in [0.4, 0.5) is 0 Å². The summed E-state index contributed by atoms with van der Waals surface area (Å²) in [6.07, 6.45) is 4.25. The standard InChI is InChI=1S/C17H17NO/c1-2-5-14(6-3-1)9-10-15-7-4-8-16-13-18-11-12-19-17(15)16/h1-10,18H,11-13H2. The Morgan fingerprint density at radius 2 is 1.84 bits per heavy atom. The number of benzene rings is 2. The SMILES string of the molecule is C(=Cc1cccc2c1OCCNC2)c1ccccc1. The van der Waals surface area contributed by atoms with Gasteiger partial charge in [-0.3, -0.25) is 0 Å². The number of ether oxygens (including phenoxy) is 1. The van der Waals surface area contributed by atoms with Crippen LogP contribution < -0.4 is 10.1 Å². The summed E-state index contributed by atoms with van der Waals surface area (Å²) in [5, 5.41) is 3.36. The molecule has 0 radical (unpaired) electrons. The van der Waals surface area contributed by atoms with Crippen LogP contribution in [0.2, 0.25) is 0 Å². The third kappa shape index (κ3) is 2.85. The van der Waals surface area contributed by atoms with Crippen LogP contribution in [0.25, 0.3) is 12.2 Å². The molecule has 0 saturated heterocycles. The van der Waals surface area contributed by atoms with Crippen LogP contribution in [0.5, 0.6) is 5.75 Å². The molecule has 0 amide bonds. The first-order valence-corrected chi connectivity index (χ1v) is 6.62. The van der Waals surface area contributed by atoms with Crippen LogP contribution in [-0.4, -0.2) is 13.2 Å². The topological polar surface area (TPSA) is 21.3 Å². The van der Waals surface area contributed by atoms with Crippen molar-refractivity contribution in [3.63, 3.8) is 0 Å². The predicted molar refractivity (Wildman–Crippen MR) is 79.0 cm³/mol. The van der Waals surface area contributed by atoms with Gasteiger partial charge in [-0.15, -0.1) is 0 Å². The van der Waals surface area contributed by atoms with Crippen molar-refractivity contribution in [3.8, 4) is 5.75 Å². The van der Waals surface area contributed by atoms with Gasteiger partial charge in [-0.25, -0.2) is 0 Å². The fraction of sp³-hybridized carbons (Fsp3) is 0.176. The van der Waals surface area contributed by atoms with Crippen molar-refractivity contribution in [1.29, 1.82) is 0 Å². The number of para-hydroxylation sites is 1. The number of fused-ring (bicyclic) bond motifs is 1. The Morgan fingerprint density at radius 3 is 2.74 bits per heavy atom. The molecule has 0 unspecified atom stereocenters. The van der Waals surface area contributed by atoms with E-state index in [9.17, 15) is 0 Å². The van der Waals surface area contributed by atoms with Gasteiger partial charge in [0.2, 0.25) is 0 Å². The van der Waals surface area contributed by atoms with E-state index in [0.717, 1.165) is 31.0 Å². The Morgan fingerprint density at radius 1 is 0.947 bits per heavy atom. The number of rotatable bonds is 2. The second-order valence-corrected chi connectivity index (χ2v) is 4.60. The van der Waals surface area contributed by atoms with Gasteiger partial charge in [0.1, 0.15) is 12.4 Å². The monoisotopic (exact) mass is 251 g/mol. The first-order valence-electron chi connectivity index (χ1n) is 6.62. The van der Waals surface area contributed by atoms with Crippen molar-refractivity contribution >= 4 is 12.2 Å². The molecule has 0 saturated carbocycles. The lowest BCUT2D eigenvalue weighted by Crippen LogP contribution is -2.16. The summed E-state index contributed by atoms with van der Waals surface area (Å²) in [5.74, 6) is 1.01. The maximum Gasteiger partial charge on any atom is 0.131 e. The van der Waals surface area contributed by atoms with E-state index in [1.165, 1.54) is 11.1 Å². The highest BCUT2D eigenvalue weighted by atomic mass is 16.5. The summed E-state index contributed by atoms with van der Waals surface area (Å²) >= 11 is 0. The van der Waals surface area contributed by atoms with Crippen molar-refractivity contribution in [2.24, 2.45) is 0 Å². The lowest BCUT2D eigenvalue weighted by Gasteiger charge is -2.09. The van der Waals surface area contributed by atoms with Crippen LogP contribution in [0, 0.1) is 0 Å². The van der Waals surface area contributed by atoms with Crippen molar-refractivity contribution < 1.29 is 4.74 Å². The normalized spacial score (nSPS) is 14.7. The van der Waals surface area contributed by atoms with Crippen molar-refractivity contribution in [2.45, 2.75) is 6.54 Å². The van der Waals surface area contributed by atoms with Gasteiger partial charge < -0.3 is 10.1 Å². The Bertz CT molecular complexity index is 575. The molecule has 0 aliphatic carbocycles. The molecule has 2 nitrogen and oxygen atoms in total. The fourth-order valence-corrected chi connectivity index (χ4v) is 2.25. The van der Waals surface area contributed by atoms with Crippen LogP contribution in [0.3, 0.4) is 0 Å². The molecular formula is C17H17NO. The molecule has 19 heavy (non-hydrogen) atoms. The second kappa shape index (κ2) is 5.72. The van der Waals surface area contributed by atoms with Crippen LogP contribution in [0.15, 0.2) is 48.5 Å². The van der Waals surface area contributed by atoms with E-state index in [1.54, 1.807) is 0 Å². The average Bonchev–Trinajstić information content (AvgIpc) is 2.72.